The number of amides is 1. The molecule has 0 unspecified atom stereocenters. The van der Waals surface area contributed by atoms with Gasteiger partial charge in [0.1, 0.15) is 0 Å². The Morgan fingerprint density at radius 3 is 2.70 bits per heavy atom. The molecule has 3 aromatic rings. The van der Waals surface area contributed by atoms with E-state index in [1.165, 1.54) is 23.9 Å². The molecule has 0 atom stereocenters. The second-order valence-corrected chi connectivity index (χ2v) is 5.75. The maximum atomic E-state index is 11.9. The average molecular weight is 327 g/mol. The Bertz CT molecular complexity index is 861. The third-order valence-electron chi connectivity index (χ3n) is 3.10. The fraction of sp³-hybridized carbons (Fsp3) is 0.0625. The molecule has 0 saturated heterocycles. The number of para-hydroxylation sites is 1. The number of carboxylic acids is 1. The Balaban J connectivity index is 1.65. The number of imidazole rings is 1. The van der Waals surface area contributed by atoms with Crippen LogP contribution in [-0.2, 0) is 4.79 Å². The van der Waals surface area contributed by atoms with Gasteiger partial charge >= 0.3 is 5.97 Å². The van der Waals surface area contributed by atoms with Crippen LogP contribution in [0.15, 0.2) is 53.7 Å². The summed E-state index contributed by atoms with van der Waals surface area (Å²) in [5.74, 6) is -0.911. The van der Waals surface area contributed by atoms with Crippen LogP contribution in [0, 0.1) is 0 Å². The quantitative estimate of drug-likeness (QED) is 0.626. The molecule has 0 spiro atoms. The molecule has 0 fully saturated rings. The van der Waals surface area contributed by atoms with Gasteiger partial charge in [-0.1, -0.05) is 30.0 Å². The summed E-state index contributed by atoms with van der Waals surface area (Å²) in [6.07, 6.45) is 0. The molecule has 2 aromatic carbocycles. The zero-order valence-corrected chi connectivity index (χ0v) is 12.8. The number of anilines is 1. The highest BCUT2D eigenvalue weighted by atomic mass is 32.2. The first-order valence-electron chi connectivity index (χ1n) is 6.82. The van der Waals surface area contributed by atoms with E-state index in [4.69, 9.17) is 5.11 Å². The van der Waals surface area contributed by atoms with Gasteiger partial charge in [0.2, 0.25) is 5.91 Å². The molecular formula is C16H13N3O3S. The second kappa shape index (κ2) is 6.53. The number of hydrogen-bond donors (Lipinski definition) is 3. The Hall–Kier alpha value is -2.80. The fourth-order valence-corrected chi connectivity index (χ4v) is 2.73. The lowest BCUT2D eigenvalue weighted by Gasteiger charge is -2.03. The van der Waals surface area contributed by atoms with Crippen LogP contribution >= 0.6 is 11.8 Å². The lowest BCUT2D eigenvalue weighted by Crippen LogP contribution is -2.13. The molecule has 116 valence electrons. The number of rotatable bonds is 5. The summed E-state index contributed by atoms with van der Waals surface area (Å²) in [5, 5.41) is 12.3. The maximum Gasteiger partial charge on any atom is 0.335 e. The van der Waals surface area contributed by atoms with Crippen molar-refractivity contribution in [3.05, 3.63) is 54.1 Å². The molecule has 0 aliphatic rings. The normalized spacial score (nSPS) is 10.6. The number of benzene rings is 2. The molecule has 0 saturated carbocycles. The first kappa shape index (κ1) is 15.1. The molecule has 7 heteroatoms. The lowest BCUT2D eigenvalue weighted by atomic mass is 10.2. The molecule has 0 bridgehead atoms. The molecule has 3 N–H and O–H groups in total. The molecular weight excluding hydrogens is 314 g/mol. The predicted octanol–water partition coefficient (Wildman–Crippen LogP) is 2.99. The summed E-state index contributed by atoms with van der Waals surface area (Å²) in [6, 6.07) is 13.9. The SMILES string of the molecule is O=C(CSc1nc2ccc(C(=O)O)cc2[nH]1)Nc1ccccc1. The van der Waals surface area contributed by atoms with Gasteiger partial charge in [-0.2, -0.15) is 0 Å². The van der Waals surface area contributed by atoms with Crippen molar-refractivity contribution in [3.8, 4) is 0 Å². The van der Waals surface area contributed by atoms with E-state index >= 15 is 0 Å². The van der Waals surface area contributed by atoms with Crippen molar-refractivity contribution in [2.75, 3.05) is 11.1 Å². The number of aromatic amines is 1. The number of nitrogens with one attached hydrogen (secondary N) is 2. The summed E-state index contributed by atoms with van der Waals surface area (Å²) in [6.45, 7) is 0. The Morgan fingerprint density at radius 2 is 1.96 bits per heavy atom. The monoisotopic (exact) mass is 327 g/mol. The number of aromatic nitrogens is 2. The summed E-state index contributed by atoms with van der Waals surface area (Å²) in [5.41, 5.74) is 2.24. The van der Waals surface area contributed by atoms with E-state index in [-0.39, 0.29) is 17.2 Å². The number of carboxylic acid groups (broad SMARTS) is 1. The van der Waals surface area contributed by atoms with Crippen LogP contribution in [-0.4, -0.2) is 32.7 Å². The van der Waals surface area contributed by atoms with Crippen LogP contribution in [0.4, 0.5) is 5.69 Å². The number of carbonyl (C=O) groups is 2. The van der Waals surface area contributed by atoms with E-state index in [1.807, 2.05) is 30.3 Å². The van der Waals surface area contributed by atoms with Gasteiger partial charge in [0, 0.05) is 5.69 Å². The Labute approximate surface area is 135 Å². The predicted molar refractivity (Wildman–Crippen MR) is 88.8 cm³/mol. The van der Waals surface area contributed by atoms with Crippen LogP contribution in [0.2, 0.25) is 0 Å². The van der Waals surface area contributed by atoms with E-state index in [0.717, 1.165) is 5.69 Å². The van der Waals surface area contributed by atoms with E-state index in [9.17, 15) is 9.59 Å². The van der Waals surface area contributed by atoms with E-state index in [1.54, 1.807) is 6.07 Å². The largest absolute Gasteiger partial charge is 0.478 e. The number of aromatic carboxylic acids is 1. The Morgan fingerprint density at radius 1 is 1.17 bits per heavy atom. The number of hydrogen-bond acceptors (Lipinski definition) is 4. The van der Waals surface area contributed by atoms with E-state index in [2.05, 4.69) is 15.3 Å². The van der Waals surface area contributed by atoms with Gasteiger partial charge in [0.05, 0.1) is 22.3 Å². The molecule has 0 radical (unpaired) electrons. The van der Waals surface area contributed by atoms with Crippen LogP contribution in [0.5, 0.6) is 0 Å². The van der Waals surface area contributed by atoms with Crippen molar-refractivity contribution in [1.82, 2.24) is 9.97 Å². The lowest BCUT2D eigenvalue weighted by molar-refractivity contribution is -0.113. The number of nitrogens with zero attached hydrogens (tertiary/aromatic N) is 1. The van der Waals surface area contributed by atoms with Gasteiger partial charge in [-0.15, -0.1) is 0 Å². The van der Waals surface area contributed by atoms with Gasteiger partial charge in [0.25, 0.3) is 0 Å². The van der Waals surface area contributed by atoms with Crippen molar-refractivity contribution in [2.24, 2.45) is 0 Å². The number of carbonyl (C=O) groups excluding carboxylic acids is 1. The maximum absolute atomic E-state index is 11.9. The molecule has 6 nitrogen and oxygen atoms in total. The third-order valence-corrected chi connectivity index (χ3v) is 3.98. The summed E-state index contributed by atoms with van der Waals surface area (Å²) < 4.78 is 0. The summed E-state index contributed by atoms with van der Waals surface area (Å²) in [4.78, 5) is 30.2. The minimum absolute atomic E-state index is 0.132. The van der Waals surface area contributed by atoms with E-state index in [0.29, 0.717) is 16.2 Å². The topological polar surface area (TPSA) is 95.1 Å². The van der Waals surface area contributed by atoms with Gasteiger partial charge in [0.15, 0.2) is 5.16 Å². The zero-order valence-electron chi connectivity index (χ0n) is 11.9. The van der Waals surface area contributed by atoms with Crippen LogP contribution in [0.25, 0.3) is 11.0 Å². The van der Waals surface area contributed by atoms with Crippen LogP contribution < -0.4 is 5.32 Å². The molecule has 0 aliphatic carbocycles. The van der Waals surface area contributed by atoms with E-state index < -0.39 is 5.97 Å². The van der Waals surface area contributed by atoms with Gasteiger partial charge in [-0.05, 0) is 30.3 Å². The molecule has 1 heterocycles. The standard InChI is InChI=1S/C16H13N3O3S/c20-14(17-11-4-2-1-3-5-11)9-23-16-18-12-7-6-10(15(21)22)8-13(12)19-16/h1-8H,9H2,(H,17,20)(H,18,19)(H,21,22). The molecule has 3 rings (SSSR count). The van der Waals surface area contributed by atoms with Crippen molar-refractivity contribution in [3.63, 3.8) is 0 Å². The van der Waals surface area contributed by atoms with Gasteiger partial charge < -0.3 is 15.4 Å². The molecule has 0 aliphatic heterocycles. The minimum Gasteiger partial charge on any atom is -0.478 e. The highest BCUT2D eigenvalue weighted by molar-refractivity contribution is 7.99. The summed E-state index contributed by atoms with van der Waals surface area (Å²) >= 11 is 1.26. The highest BCUT2D eigenvalue weighted by Crippen LogP contribution is 2.20. The van der Waals surface area contributed by atoms with Crippen molar-refractivity contribution < 1.29 is 14.7 Å². The number of thioether (sulfide) groups is 1. The van der Waals surface area contributed by atoms with Gasteiger partial charge in [-0.25, -0.2) is 9.78 Å². The number of H-pyrrole nitrogens is 1. The van der Waals surface area contributed by atoms with Crippen molar-refractivity contribution >= 4 is 40.4 Å². The molecule has 1 aromatic heterocycles. The fourth-order valence-electron chi connectivity index (χ4n) is 2.04. The highest BCUT2D eigenvalue weighted by Gasteiger charge is 2.09. The Kier molecular flexibility index (Phi) is 4.29. The second-order valence-electron chi connectivity index (χ2n) is 4.78. The zero-order chi connectivity index (χ0) is 16.2. The molecule has 1 amide bonds. The van der Waals surface area contributed by atoms with Crippen LogP contribution in [0.1, 0.15) is 10.4 Å². The number of fused-ring (bicyclic) bond motifs is 1. The van der Waals surface area contributed by atoms with Crippen molar-refractivity contribution in [1.29, 1.82) is 0 Å². The third kappa shape index (κ3) is 3.70. The van der Waals surface area contributed by atoms with Crippen LogP contribution in [0.3, 0.4) is 0 Å². The first-order valence-corrected chi connectivity index (χ1v) is 7.81. The van der Waals surface area contributed by atoms with Crippen molar-refractivity contribution in [2.45, 2.75) is 5.16 Å². The summed E-state index contributed by atoms with van der Waals surface area (Å²) in [7, 11) is 0. The van der Waals surface area contributed by atoms with Gasteiger partial charge in [-0.3, -0.25) is 4.79 Å². The smallest absolute Gasteiger partial charge is 0.335 e. The minimum atomic E-state index is -0.988. The average Bonchev–Trinajstić information content (AvgIpc) is 2.96. The first-order chi connectivity index (χ1) is 11.1. The molecule has 23 heavy (non-hydrogen) atoms.